The maximum atomic E-state index is 12.3. The van der Waals surface area contributed by atoms with Gasteiger partial charge in [-0.25, -0.2) is 9.59 Å². The molecule has 25 heavy (non-hydrogen) atoms. The lowest BCUT2D eigenvalue weighted by atomic mass is 9.97. The van der Waals surface area contributed by atoms with Gasteiger partial charge in [0.25, 0.3) is 0 Å². The fraction of sp³-hybridized carbons (Fsp3) is 0.588. The molecule has 0 amide bonds. The Morgan fingerprint density at radius 2 is 1.84 bits per heavy atom. The van der Waals surface area contributed by atoms with Crippen LogP contribution in [0, 0.1) is 5.41 Å². The summed E-state index contributed by atoms with van der Waals surface area (Å²) in [7, 11) is 1.47. The zero-order valence-electron chi connectivity index (χ0n) is 15.4. The third-order valence-electron chi connectivity index (χ3n) is 3.76. The molecule has 0 saturated heterocycles. The molecule has 1 aliphatic rings. The van der Waals surface area contributed by atoms with E-state index in [4.69, 9.17) is 14.2 Å². The van der Waals surface area contributed by atoms with Gasteiger partial charge in [-0.3, -0.25) is 4.79 Å². The predicted octanol–water partition coefficient (Wildman–Crippen LogP) is 1.67. The number of methoxy groups -OCH3 is 1. The Morgan fingerprint density at radius 1 is 1.24 bits per heavy atom. The minimum atomic E-state index is -1.16. The second kappa shape index (κ2) is 8.15. The third-order valence-corrected chi connectivity index (χ3v) is 3.76. The number of hydrogen-bond donors (Lipinski definition) is 1. The van der Waals surface area contributed by atoms with E-state index in [1.54, 1.807) is 39.5 Å². The number of carboxylic acid groups (broad SMARTS) is 1. The van der Waals surface area contributed by atoms with E-state index in [0.29, 0.717) is 5.70 Å². The van der Waals surface area contributed by atoms with Crippen molar-refractivity contribution in [1.29, 1.82) is 0 Å². The van der Waals surface area contributed by atoms with Crippen molar-refractivity contribution in [2.45, 2.75) is 40.7 Å². The van der Waals surface area contributed by atoms with Crippen molar-refractivity contribution in [2.75, 3.05) is 20.6 Å². The molecule has 0 radical (unpaired) electrons. The highest BCUT2D eigenvalue weighted by Crippen LogP contribution is 2.27. The first kappa shape index (κ1) is 20.7. The first-order valence-electron chi connectivity index (χ1n) is 7.76. The van der Waals surface area contributed by atoms with Crippen molar-refractivity contribution in [2.24, 2.45) is 5.41 Å². The van der Waals surface area contributed by atoms with Crippen molar-refractivity contribution in [1.82, 2.24) is 4.90 Å². The van der Waals surface area contributed by atoms with Crippen LogP contribution < -0.4 is 0 Å². The van der Waals surface area contributed by atoms with E-state index in [0.717, 1.165) is 0 Å². The Bertz CT molecular complexity index is 613. The fourth-order valence-corrected chi connectivity index (χ4v) is 2.22. The highest BCUT2D eigenvalue weighted by atomic mass is 16.7. The first-order chi connectivity index (χ1) is 11.5. The van der Waals surface area contributed by atoms with Gasteiger partial charge in [0, 0.05) is 12.8 Å². The summed E-state index contributed by atoms with van der Waals surface area (Å²) in [5.41, 5.74) is -0.103. The van der Waals surface area contributed by atoms with Gasteiger partial charge in [-0.2, -0.15) is 0 Å². The van der Waals surface area contributed by atoms with Crippen LogP contribution in [0.1, 0.15) is 34.6 Å². The summed E-state index contributed by atoms with van der Waals surface area (Å²) in [4.78, 5) is 37.0. The molecular formula is C17H25NO7. The van der Waals surface area contributed by atoms with Crippen LogP contribution in [0.2, 0.25) is 0 Å². The standard InChI is InChI=1S/C17H25NO7/c1-10-12(14(19)20)7-13(11(2)18(10)8-23-6)15(21)24-9-25-16(22)17(3,4)5/h7,11H,8-9H2,1-6H3,(H,19,20). The van der Waals surface area contributed by atoms with E-state index in [9.17, 15) is 19.5 Å². The summed E-state index contributed by atoms with van der Waals surface area (Å²) in [5, 5.41) is 9.33. The van der Waals surface area contributed by atoms with Crippen LogP contribution in [-0.4, -0.2) is 54.6 Å². The molecule has 1 heterocycles. The highest BCUT2D eigenvalue weighted by molar-refractivity contribution is 5.97. The molecule has 1 unspecified atom stereocenters. The molecule has 8 heteroatoms. The topological polar surface area (TPSA) is 102 Å². The Morgan fingerprint density at radius 3 is 2.32 bits per heavy atom. The summed E-state index contributed by atoms with van der Waals surface area (Å²) in [6.45, 7) is 7.99. The zero-order chi connectivity index (χ0) is 19.4. The molecule has 1 rings (SSSR count). The van der Waals surface area contributed by atoms with Gasteiger partial charge >= 0.3 is 17.9 Å². The molecular weight excluding hydrogens is 330 g/mol. The summed E-state index contributed by atoms with van der Waals surface area (Å²) in [6, 6.07) is -0.450. The Kier molecular flexibility index (Phi) is 6.75. The lowest BCUT2D eigenvalue weighted by Crippen LogP contribution is -2.41. The molecule has 1 aliphatic heterocycles. The van der Waals surface area contributed by atoms with Crippen molar-refractivity contribution < 1.29 is 33.7 Å². The monoisotopic (exact) mass is 355 g/mol. The minimum Gasteiger partial charge on any atom is -0.478 e. The Hall–Kier alpha value is -2.35. The molecule has 0 aromatic heterocycles. The molecule has 0 aromatic carbocycles. The van der Waals surface area contributed by atoms with Crippen LogP contribution in [0.25, 0.3) is 0 Å². The lowest BCUT2D eigenvalue weighted by Gasteiger charge is -2.35. The number of ether oxygens (including phenoxy) is 3. The van der Waals surface area contributed by atoms with E-state index in [1.165, 1.54) is 13.2 Å². The average Bonchev–Trinajstić information content (AvgIpc) is 2.49. The number of esters is 2. The average molecular weight is 355 g/mol. The summed E-state index contributed by atoms with van der Waals surface area (Å²) >= 11 is 0. The number of rotatable bonds is 6. The van der Waals surface area contributed by atoms with Crippen LogP contribution in [0.15, 0.2) is 22.9 Å². The number of nitrogens with zero attached hydrogens (tertiary/aromatic N) is 1. The fourth-order valence-electron chi connectivity index (χ4n) is 2.22. The van der Waals surface area contributed by atoms with Crippen molar-refractivity contribution in [3.8, 4) is 0 Å². The molecule has 0 aliphatic carbocycles. The summed E-state index contributed by atoms with van der Waals surface area (Å²) in [6.07, 6.45) is 1.28. The van der Waals surface area contributed by atoms with Gasteiger partial charge in [0.15, 0.2) is 0 Å². The van der Waals surface area contributed by atoms with Gasteiger partial charge in [-0.15, -0.1) is 0 Å². The van der Waals surface area contributed by atoms with Crippen molar-refractivity contribution in [3.05, 3.63) is 22.9 Å². The van der Waals surface area contributed by atoms with Crippen LogP contribution in [0.3, 0.4) is 0 Å². The Balaban J connectivity index is 2.90. The maximum Gasteiger partial charge on any atom is 0.339 e. The number of carbonyl (C=O) groups is 3. The quantitative estimate of drug-likeness (QED) is 0.567. The number of allylic oxidation sites excluding steroid dienone is 1. The smallest absolute Gasteiger partial charge is 0.339 e. The molecule has 1 atom stereocenters. The number of aliphatic carboxylic acids is 1. The maximum absolute atomic E-state index is 12.3. The van der Waals surface area contributed by atoms with E-state index < -0.39 is 36.2 Å². The molecule has 0 spiro atoms. The van der Waals surface area contributed by atoms with Gasteiger partial charge in [0.2, 0.25) is 6.79 Å². The first-order valence-corrected chi connectivity index (χ1v) is 7.76. The lowest BCUT2D eigenvalue weighted by molar-refractivity contribution is -0.171. The largest absolute Gasteiger partial charge is 0.478 e. The van der Waals surface area contributed by atoms with Gasteiger partial charge < -0.3 is 24.2 Å². The normalized spacial score (nSPS) is 17.9. The minimum absolute atomic E-state index is 0.0196. The number of carbonyl (C=O) groups excluding carboxylic acids is 2. The molecule has 0 fully saturated rings. The van der Waals surface area contributed by atoms with Gasteiger partial charge in [-0.1, -0.05) is 0 Å². The molecule has 0 bridgehead atoms. The van der Waals surface area contributed by atoms with Crippen LogP contribution >= 0.6 is 0 Å². The van der Waals surface area contributed by atoms with Gasteiger partial charge in [0.05, 0.1) is 22.6 Å². The van der Waals surface area contributed by atoms with Gasteiger partial charge in [0.1, 0.15) is 6.73 Å². The molecule has 8 nitrogen and oxygen atoms in total. The Labute approximate surface area is 147 Å². The summed E-state index contributed by atoms with van der Waals surface area (Å²) in [5.74, 6) is -2.41. The van der Waals surface area contributed by atoms with Gasteiger partial charge in [-0.05, 0) is 40.7 Å². The van der Waals surface area contributed by atoms with Crippen LogP contribution in [-0.2, 0) is 28.6 Å². The second-order valence-corrected chi connectivity index (χ2v) is 6.70. The van der Waals surface area contributed by atoms with E-state index in [-0.39, 0.29) is 17.9 Å². The SMILES string of the molecule is COCN1C(C)=C(C(=O)O)C=C(C(=O)OCOC(=O)C(C)(C)C)C1C. The predicted molar refractivity (Wildman–Crippen MR) is 88.1 cm³/mol. The second-order valence-electron chi connectivity index (χ2n) is 6.70. The van der Waals surface area contributed by atoms with Crippen molar-refractivity contribution >= 4 is 17.9 Å². The molecule has 140 valence electrons. The molecule has 0 saturated carbocycles. The zero-order valence-corrected chi connectivity index (χ0v) is 15.4. The third kappa shape index (κ3) is 5.06. The summed E-state index contributed by atoms with van der Waals surface area (Å²) < 4.78 is 14.9. The number of hydrogen-bond acceptors (Lipinski definition) is 7. The number of carboxylic acids is 1. The van der Waals surface area contributed by atoms with Crippen LogP contribution in [0.5, 0.6) is 0 Å². The van der Waals surface area contributed by atoms with Crippen molar-refractivity contribution in [3.63, 3.8) is 0 Å². The molecule has 0 aromatic rings. The highest BCUT2D eigenvalue weighted by Gasteiger charge is 2.32. The van der Waals surface area contributed by atoms with E-state index >= 15 is 0 Å². The van der Waals surface area contributed by atoms with Crippen LogP contribution in [0.4, 0.5) is 0 Å². The van der Waals surface area contributed by atoms with E-state index in [2.05, 4.69) is 0 Å². The van der Waals surface area contributed by atoms with E-state index in [1.807, 2.05) is 0 Å². The molecule has 1 N–H and O–H groups in total.